The molecule has 43 heavy (non-hydrogen) atoms. The van der Waals surface area contributed by atoms with Crippen molar-refractivity contribution >= 4 is 55.1 Å². The lowest BCUT2D eigenvalue weighted by atomic mass is 9.94. The maximum absolute atomic E-state index is 14.0. The SMILES string of the molecule is CS(=O)(=O)N(CCCC(=O)N(Cc1cccc(Br)c1)[C@@H](Cc1ccccc1)C(=O)NC1CCCCC1)c1cccc(Cl)c1. The predicted octanol–water partition coefficient (Wildman–Crippen LogP) is 6.74. The van der Waals surface area contributed by atoms with E-state index in [1.54, 1.807) is 29.2 Å². The second-order valence-electron chi connectivity index (χ2n) is 11.1. The van der Waals surface area contributed by atoms with Crippen LogP contribution < -0.4 is 9.62 Å². The van der Waals surface area contributed by atoms with Gasteiger partial charge in [-0.2, -0.15) is 0 Å². The number of nitrogens with zero attached hydrogens (tertiary/aromatic N) is 2. The van der Waals surface area contributed by atoms with E-state index in [-0.39, 0.29) is 43.8 Å². The minimum Gasteiger partial charge on any atom is -0.352 e. The molecule has 7 nitrogen and oxygen atoms in total. The van der Waals surface area contributed by atoms with Crippen LogP contribution in [0, 0.1) is 0 Å². The summed E-state index contributed by atoms with van der Waals surface area (Å²) >= 11 is 9.65. The van der Waals surface area contributed by atoms with E-state index in [1.807, 2.05) is 54.6 Å². The summed E-state index contributed by atoms with van der Waals surface area (Å²) in [6, 6.07) is 23.5. The van der Waals surface area contributed by atoms with Crippen LogP contribution in [0.3, 0.4) is 0 Å². The zero-order valence-corrected chi connectivity index (χ0v) is 27.6. The summed E-state index contributed by atoms with van der Waals surface area (Å²) in [5.74, 6) is -0.366. The Morgan fingerprint density at radius 1 is 0.953 bits per heavy atom. The first-order valence-electron chi connectivity index (χ1n) is 14.7. The maximum atomic E-state index is 14.0. The number of hydrogen-bond donors (Lipinski definition) is 1. The van der Waals surface area contributed by atoms with Crippen LogP contribution in [0.1, 0.15) is 56.1 Å². The highest BCUT2D eigenvalue weighted by molar-refractivity contribution is 9.10. The van der Waals surface area contributed by atoms with E-state index in [0.29, 0.717) is 17.1 Å². The summed E-state index contributed by atoms with van der Waals surface area (Å²) in [7, 11) is -3.61. The number of halogens is 2. The molecule has 2 amide bonds. The minimum atomic E-state index is -3.61. The molecule has 0 aliphatic heterocycles. The van der Waals surface area contributed by atoms with E-state index >= 15 is 0 Å². The molecule has 1 fully saturated rings. The average molecular weight is 689 g/mol. The van der Waals surface area contributed by atoms with E-state index in [0.717, 1.165) is 47.5 Å². The zero-order chi connectivity index (χ0) is 30.8. The fourth-order valence-electron chi connectivity index (χ4n) is 5.57. The van der Waals surface area contributed by atoms with Gasteiger partial charge in [-0.3, -0.25) is 13.9 Å². The van der Waals surface area contributed by atoms with Crippen LogP contribution in [0.25, 0.3) is 0 Å². The highest BCUT2D eigenvalue weighted by atomic mass is 79.9. The molecule has 1 saturated carbocycles. The van der Waals surface area contributed by atoms with Crippen LogP contribution in [-0.4, -0.2) is 50.0 Å². The van der Waals surface area contributed by atoms with E-state index in [4.69, 9.17) is 11.6 Å². The molecule has 0 saturated heterocycles. The van der Waals surface area contributed by atoms with Crippen LogP contribution >= 0.6 is 27.5 Å². The molecule has 1 N–H and O–H groups in total. The lowest BCUT2D eigenvalue weighted by molar-refractivity contribution is -0.141. The molecule has 0 bridgehead atoms. The quantitative estimate of drug-likeness (QED) is 0.216. The van der Waals surface area contributed by atoms with Gasteiger partial charge in [0.05, 0.1) is 11.9 Å². The maximum Gasteiger partial charge on any atom is 0.243 e. The fourth-order valence-corrected chi connectivity index (χ4v) is 7.15. The number of nitrogens with one attached hydrogen (secondary N) is 1. The number of benzene rings is 3. The van der Waals surface area contributed by atoms with Crippen LogP contribution in [-0.2, 0) is 32.6 Å². The van der Waals surface area contributed by atoms with Crippen molar-refractivity contribution in [3.63, 3.8) is 0 Å². The standard InChI is InChI=1S/C33H39BrClN3O4S/c1-43(41,42)38(30-18-9-15-28(35)23-30)20-10-19-32(39)37(24-26-13-8-14-27(34)21-26)31(22-25-11-4-2-5-12-25)33(40)36-29-16-6-3-7-17-29/h2,4-5,8-9,11-15,18,21,23,29,31H,3,6-7,10,16-17,19-20,22,24H2,1H3,(H,36,40)/t31-/m0/s1. The molecule has 0 spiro atoms. The average Bonchev–Trinajstić information content (AvgIpc) is 2.97. The number of amides is 2. The van der Waals surface area contributed by atoms with Gasteiger partial charge in [-0.25, -0.2) is 8.42 Å². The first-order valence-corrected chi connectivity index (χ1v) is 17.7. The Bertz CT molecular complexity index is 1480. The smallest absolute Gasteiger partial charge is 0.243 e. The van der Waals surface area contributed by atoms with Gasteiger partial charge in [0.15, 0.2) is 0 Å². The van der Waals surface area contributed by atoms with Crippen molar-refractivity contribution in [2.75, 3.05) is 17.1 Å². The molecule has 3 aromatic rings. The number of sulfonamides is 1. The zero-order valence-electron chi connectivity index (χ0n) is 24.4. The summed E-state index contributed by atoms with van der Waals surface area (Å²) in [5.41, 5.74) is 2.30. The number of rotatable bonds is 13. The van der Waals surface area contributed by atoms with E-state index in [1.165, 1.54) is 10.7 Å². The van der Waals surface area contributed by atoms with Crippen LogP contribution in [0.4, 0.5) is 5.69 Å². The largest absolute Gasteiger partial charge is 0.352 e. The summed E-state index contributed by atoms with van der Waals surface area (Å²) in [5, 5.41) is 3.68. The van der Waals surface area contributed by atoms with Gasteiger partial charge in [-0.1, -0.05) is 95.3 Å². The normalized spacial score (nSPS) is 14.6. The Balaban J connectivity index is 1.59. The highest BCUT2D eigenvalue weighted by Crippen LogP contribution is 2.24. The number of carbonyl (C=O) groups excluding carboxylic acids is 2. The van der Waals surface area contributed by atoms with Crippen molar-refractivity contribution in [3.8, 4) is 0 Å². The molecule has 0 unspecified atom stereocenters. The molecule has 1 aliphatic rings. The predicted molar refractivity (Wildman–Crippen MR) is 177 cm³/mol. The van der Waals surface area contributed by atoms with Gasteiger partial charge in [-0.15, -0.1) is 0 Å². The van der Waals surface area contributed by atoms with E-state index in [9.17, 15) is 18.0 Å². The van der Waals surface area contributed by atoms with Crippen molar-refractivity contribution in [2.45, 2.75) is 70.0 Å². The van der Waals surface area contributed by atoms with Crippen LogP contribution in [0.15, 0.2) is 83.3 Å². The van der Waals surface area contributed by atoms with Gasteiger partial charge >= 0.3 is 0 Å². The molecular formula is C33H39BrClN3O4S. The number of anilines is 1. The molecule has 10 heteroatoms. The molecule has 4 rings (SSSR count). The Morgan fingerprint density at radius 2 is 1.65 bits per heavy atom. The first-order chi connectivity index (χ1) is 20.6. The third kappa shape index (κ3) is 10.1. The lowest BCUT2D eigenvalue weighted by Gasteiger charge is -2.34. The summed E-state index contributed by atoms with van der Waals surface area (Å²) in [6.07, 6.45) is 7.07. The molecule has 1 aliphatic carbocycles. The molecule has 0 aromatic heterocycles. The van der Waals surface area contributed by atoms with Crippen molar-refractivity contribution in [3.05, 3.63) is 99.5 Å². The molecular weight excluding hydrogens is 650 g/mol. The fraction of sp³-hybridized carbons (Fsp3) is 0.394. The number of hydrogen-bond acceptors (Lipinski definition) is 4. The van der Waals surface area contributed by atoms with Crippen molar-refractivity contribution in [1.29, 1.82) is 0 Å². The second kappa shape index (κ2) is 15.7. The molecule has 1 atom stereocenters. The Hall–Kier alpha value is -2.88. The Kier molecular flexibility index (Phi) is 12.1. The molecule has 230 valence electrons. The summed E-state index contributed by atoms with van der Waals surface area (Å²) in [4.78, 5) is 29.6. The van der Waals surface area contributed by atoms with Crippen LogP contribution in [0.5, 0.6) is 0 Å². The summed E-state index contributed by atoms with van der Waals surface area (Å²) in [6.45, 7) is 0.352. The molecule has 3 aromatic carbocycles. The van der Waals surface area contributed by atoms with Gasteiger partial charge in [0.2, 0.25) is 21.8 Å². The second-order valence-corrected chi connectivity index (χ2v) is 14.4. The van der Waals surface area contributed by atoms with Gasteiger partial charge in [0.1, 0.15) is 6.04 Å². The van der Waals surface area contributed by atoms with Crippen molar-refractivity contribution in [1.82, 2.24) is 10.2 Å². The van der Waals surface area contributed by atoms with Crippen LogP contribution in [0.2, 0.25) is 5.02 Å². The molecule has 0 radical (unpaired) electrons. The molecule has 0 heterocycles. The van der Waals surface area contributed by atoms with E-state index in [2.05, 4.69) is 21.2 Å². The van der Waals surface area contributed by atoms with Gasteiger partial charge < -0.3 is 10.2 Å². The summed E-state index contributed by atoms with van der Waals surface area (Å²) < 4.78 is 27.4. The monoisotopic (exact) mass is 687 g/mol. The Morgan fingerprint density at radius 3 is 2.33 bits per heavy atom. The first kappa shape index (κ1) is 33.0. The van der Waals surface area contributed by atoms with Gasteiger partial charge in [-0.05, 0) is 60.7 Å². The third-order valence-electron chi connectivity index (χ3n) is 7.71. The number of carbonyl (C=O) groups is 2. The minimum absolute atomic E-state index is 0.0720. The van der Waals surface area contributed by atoms with Gasteiger partial charge in [0.25, 0.3) is 0 Å². The van der Waals surface area contributed by atoms with Gasteiger partial charge in [0, 0.05) is 41.5 Å². The third-order valence-corrected chi connectivity index (χ3v) is 9.64. The van der Waals surface area contributed by atoms with Crippen molar-refractivity contribution in [2.24, 2.45) is 0 Å². The highest BCUT2D eigenvalue weighted by Gasteiger charge is 2.32. The van der Waals surface area contributed by atoms with E-state index < -0.39 is 16.1 Å². The topological polar surface area (TPSA) is 86.8 Å². The lowest BCUT2D eigenvalue weighted by Crippen LogP contribution is -2.52. The Labute approximate surface area is 268 Å². The van der Waals surface area contributed by atoms with Crippen molar-refractivity contribution < 1.29 is 18.0 Å².